The van der Waals surface area contributed by atoms with E-state index in [-0.39, 0.29) is 12.0 Å². The fourth-order valence-electron chi connectivity index (χ4n) is 2.37. The van der Waals surface area contributed by atoms with E-state index in [2.05, 4.69) is 0 Å². The zero-order valence-corrected chi connectivity index (χ0v) is 16.5. The minimum Gasteiger partial charge on any atom is -0.466 e. The van der Waals surface area contributed by atoms with E-state index in [9.17, 15) is 19.5 Å². The van der Waals surface area contributed by atoms with E-state index in [0.717, 1.165) is 11.1 Å². The Labute approximate surface area is 159 Å². The first kappa shape index (κ1) is 22.6. The highest BCUT2D eigenvalue weighted by Gasteiger charge is 2.38. The topological polar surface area (TPSA) is 99.1 Å². The lowest BCUT2D eigenvalue weighted by molar-refractivity contribution is -0.162. The smallest absolute Gasteiger partial charge is 0.333 e. The molecule has 0 amide bonds. The van der Waals surface area contributed by atoms with Gasteiger partial charge in [0.05, 0.1) is 7.11 Å². The van der Waals surface area contributed by atoms with Gasteiger partial charge in [-0.1, -0.05) is 25.0 Å². The first-order valence-corrected chi connectivity index (χ1v) is 8.94. The van der Waals surface area contributed by atoms with Gasteiger partial charge in [-0.25, -0.2) is 14.4 Å². The van der Waals surface area contributed by atoms with E-state index in [1.54, 1.807) is 13.8 Å². The fourth-order valence-corrected chi connectivity index (χ4v) is 2.37. The van der Waals surface area contributed by atoms with Gasteiger partial charge >= 0.3 is 17.9 Å². The molecule has 1 N–H and O–H groups in total. The first-order valence-electron chi connectivity index (χ1n) is 8.94. The highest BCUT2D eigenvalue weighted by molar-refractivity contribution is 5.89. The number of carbonyl (C=O) groups excluding carboxylic acids is 3. The molecule has 1 aliphatic rings. The number of carbonyl (C=O) groups is 3. The average molecular weight is 380 g/mol. The van der Waals surface area contributed by atoms with Gasteiger partial charge < -0.3 is 19.3 Å². The molecule has 0 heterocycles. The van der Waals surface area contributed by atoms with Crippen molar-refractivity contribution in [2.24, 2.45) is 0 Å². The number of esters is 3. The summed E-state index contributed by atoms with van der Waals surface area (Å²) >= 11 is 0. The Bertz CT molecular complexity index is 657. The zero-order chi connectivity index (χ0) is 20.6. The van der Waals surface area contributed by atoms with E-state index in [1.165, 1.54) is 25.3 Å². The van der Waals surface area contributed by atoms with Crippen molar-refractivity contribution in [3.63, 3.8) is 0 Å². The number of rotatable bonds is 7. The molecule has 150 valence electrons. The van der Waals surface area contributed by atoms with Gasteiger partial charge in [0.1, 0.15) is 12.2 Å². The fraction of sp³-hybridized carbons (Fsp3) is 0.550. The van der Waals surface area contributed by atoms with E-state index in [0.29, 0.717) is 12.8 Å². The maximum absolute atomic E-state index is 12.0. The number of ether oxygens (including phenoxy) is 3. The third-order valence-corrected chi connectivity index (χ3v) is 4.32. The lowest BCUT2D eigenvalue weighted by Crippen LogP contribution is -2.45. The van der Waals surface area contributed by atoms with Gasteiger partial charge in [0.25, 0.3) is 0 Å². The molecule has 0 bridgehead atoms. The molecule has 0 aromatic carbocycles. The Balaban J connectivity index is 3.02. The molecule has 0 fully saturated rings. The predicted molar refractivity (Wildman–Crippen MR) is 98.6 cm³/mol. The molecule has 0 radical (unpaired) electrons. The molecule has 1 aliphatic carbocycles. The van der Waals surface area contributed by atoms with Crippen LogP contribution >= 0.6 is 0 Å². The minimum atomic E-state index is -1.29. The van der Waals surface area contributed by atoms with Crippen LogP contribution in [0.3, 0.4) is 0 Å². The number of hydrogen-bond acceptors (Lipinski definition) is 7. The van der Waals surface area contributed by atoms with Crippen LogP contribution in [-0.2, 0) is 28.6 Å². The van der Waals surface area contributed by atoms with Crippen LogP contribution in [0.5, 0.6) is 0 Å². The summed E-state index contributed by atoms with van der Waals surface area (Å²) in [5.74, 6) is -1.91. The van der Waals surface area contributed by atoms with Gasteiger partial charge in [-0.05, 0) is 32.8 Å². The van der Waals surface area contributed by atoms with Crippen molar-refractivity contribution in [2.75, 3.05) is 7.11 Å². The van der Waals surface area contributed by atoms with E-state index in [4.69, 9.17) is 14.2 Å². The second-order valence-corrected chi connectivity index (χ2v) is 6.44. The van der Waals surface area contributed by atoms with Gasteiger partial charge in [0.15, 0.2) is 6.10 Å². The van der Waals surface area contributed by atoms with E-state index >= 15 is 0 Å². The monoisotopic (exact) mass is 380 g/mol. The largest absolute Gasteiger partial charge is 0.466 e. The molecule has 0 aliphatic heterocycles. The van der Waals surface area contributed by atoms with Gasteiger partial charge in [-0.15, -0.1) is 0 Å². The third kappa shape index (κ3) is 7.02. The predicted octanol–water partition coefficient (Wildman–Crippen LogP) is 2.39. The number of hydrogen-bond donors (Lipinski definition) is 1. The molecular weight excluding hydrogens is 352 g/mol. The molecule has 0 saturated carbocycles. The second kappa shape index (κ2) is 10.7. The van der Waals surface area contributed by atoms with Crippen LogP contribution in [0.1, 0.15) is 47.0 Å². The summed E-state index contributed by atoms with van der Waals surface area (Å²) in [6.45, 7) is 7.35. The van der Waals surface area contributed by atoms with Crippen molar-refractivity contribution in [1.29, 1.82) is 0 Å². The molecule has 3 unspecified atom stereocenters. The molecule has 7 nitrogen and oxygen atoms in total. The van der Waals surface area contributed by atoms with Crippen LogP contribution < -0.4 is 0 Å². The van der Waals surface area contributed by atoms with Crippen molar-refractivity contribution in [2.45, 2.75) is 65.3 Å². The SMILES string of the molecule is CCC(C)=CC(=O)OC1C=C(C(=O)OC)CC(OC(=O)C=C(C)CC)C1O. The van der Waals surface area contributed by atoms with Gasteiger partial charge in [-0.3, -0.25) is 0 Å². The lowest BCUT2D eigenvalue weighted by atomic mass is 9.92. The Morgan fingerprint density at radius 2 is 1.59 bits per heavy atom. The van der Waals surface area contributed by atoms with Crippen LogP contribution in [0.4, 0.5) is 0 Å². The van der Waals surface area contributed by atoms with E-state index < -0.39 is 36.2 Å². The Morgan fingerprint density at radius 1 is 1.07 bits per heavy atom. The lowest BCUT2D eigenvalue weighted by Gasteiger charge is -2.32. The summed E-state index contributed by atoms with van der Waals surface area (Å²) in [6.07, 6.45) is 1.85. The maximum Gasteiger partial charge on any atom is 0.333 e. The normalized spacial score (nSPS) is 23.3. The van der Waals surface area contributed by atoms with Gasteiger partial charge in [-0.2, -0.15) is 0 Å². The third-order valence-electron chi connectivity index (χ3n) is 4.32. The Morgan fingerprint density at radius 3 is 2.07 bits per heavy atom. The number of allylic oxidation sites excluding steroid dienone is 2. The summed E-state index contributed by atoms with van der Waals surface area (Å²) < 4.78 is 15.3. The summed E-state index contributed by atoms with van der Waals surface area (Å²) in [5.41, 5.74) is 1.80. The van der Waals surface area contributed by atoms with Crippen LogP contribution in [0.25, 0.3) is 0 Å². The summed E-state index contributed by atoms with van der Waals surface area (Å²) in [6, 6.07) is 0. The number of methoxy groups -OCH3 is 1. The molecular formula is C20H28O7. The minimum absolute atomic E-state index is 0.0313. The van der Waals surface area contributed by atoms with E-state index in [1.807, 2.05) is 13.8 Å². The molecule has 0 aromatic rings. The Hall–Kier alpha value is -2.41. The summed E-state index contributed by atoms with van der Waals surface area (Å²) in [4.78, 5) is 35.9. The highest BCUT2D eigenvalue weighted by Crippen LogP contribution is 2.25. The molecule has 27 heavy (non-hydrogen) atoms. The number of aliphatic hydroxyl groups excluding tert-OH is 1. The van der Waals surface area contributed by atoms with Crippen LogP contribution in [0.15, 0.2) is 34.9 Å². The van der Waals surface area contributed by atoms with Gasteiger partial charge in [0, 0.05) is 24.1 Å². The van der Waals surface area contributed by atoms with Crippen LogP contribution in [-0.4, -0.2) is 48.4 Å². The quantitative estimate of drug-likeness (QED) is 0.411. The first-order chi connectivity index (χ1) is 12.7. The van der Waals surface area contributed by atoms with Crippen LogP contribution in [0.2, 0.25) is 0 Å². The van der Waals surface area contributed by atoms with Crippen molar-refractivity contribution in [1.82, 2.24) is 0 Å². The van der Waals surface area contributed by atoms with Gasteiger partial charge in [0.2, 0.25) is 0 Å². The highest BCUT2D eigenvalue weighted by atomic mass is 16.6. The number of aliphatic hydroxyl groups is 1. The molecule has 3 atom stereocenters. The molecule has 0 aromatic heterocycles. The zero-order valence-electron chi connectivity index (χ0n) is 16.5. The molecule has 0 saturated heterocycles. The summed E-state index contributed by atoms with van der Waals surface area (Å²) in [7, 11) is 1.22. The molecule has 0 spiro atoms. The van der Waals surface area contributed by atoms with Crippen molar-refractivity contribution >= 4 is 17.9 Å². The maximum atomic E-state index is 12.0. The molecule has 1 rings (SSSR count). The second-order valence-electron chi connectivity index (χ2n) is 6.44. The van der Waals surface area contributed by atoms with Crippen molar-refractivity contribution < 1.29 is 33.7 Å². The Kier molecular flexibility index (Phi) is 8.94. The van der Waals surface area contributed by atoms with Crippen molar-refractivity contribution in [3.05, 3.63) is 34.9 Å². The molecule has 7 heteroatoms. The van der Waals surface area contributed by atoms with Crippen molar-refractivity contribution in [3.8, 4) is 0 Å². The standard InChI is InChI=1S/C20H28O7/c1-6-12(3)8-17(21)26-15-10-14(20(24)25-5)11-16(19(15)23)27-18(22)9-13(4)7-2/h8-10,15-16,19,23H,6-7,11H2,1-5H3. The summed E-state index contributed by atoms with van der Waals surface area (Å²) in [5, 5.41) is 10.5. The average Bonchev–Trinajstić information content (AvgIpc) is 2.63. The van der Waals surface area contributed by atoms with Crippen LogP contribution in [0, 0.1) is 0 Å².